The normalized spacial score (nSPS) is 11.3. The summed E-state index contributed by atoms with van der Waals surface area (Å²) in [7, 11) is 0. The Kier molecular flexibility index (Phi) is 8.87. The molecule has 10 aromatic carbocycles. The van der Waals surface area contributed by atoms with Crippen molar-refractivity contribution in [3.05, 3.63) is 243 Å². The van der Waals surface area contributed by atoms with E-state index in [0.29, 0.717) is 0 Å². The van der Waals surface area contributed by atoms with Crippen molar-refractivity contribution in [2.45, 2.75) is 0 Å². The van der Waals surface area contributed by atoms with E-state index in [1.165, 1.54) is 77.1 Å². The lowest BCUT2D eigenvalue weighted by molar-refractivity contribution is 1.17. The smallest absolute Gasteiger partial charge is 0.0541 e. The van der Waals surface area contributed by atoms with Crippen molar-refractivity contribution in [3.63, 3.8) is 0 Å². The van der Waals surface area contributed by atoms with Gasteiger partial charge in [-0.25, -0.2) is 0 Å². The summed E-state index contributed by atoms with van der Waals surface area (Å²) in [6.07, 6.45) is 0. The molecular formula is C58H40N2. The summed E-state index contributed by atoms with van der Waals surface area (Å²) < 4.78 is 2.38. The number of anilines is 3. The van der Waals surface area contributed by atoms with Crippen LogP contribution in [0.25, 0.3) is 82.8 Å². The summed E-state index contributed by atoms with van der Waals surface area (Å²) in [6, 6.07) is 87.8. The molecule has 1 heterocycles. The Morgan fingerprint density at radius 3 is 1.30 bits per heavy atom. The topological polar surface area (TPSA) is 8.17 Å². The second kappa shape index (κ2) is 15.1. The quantitative estimate of drug-likeness (QED) is 0.150. The van der Waals surface area contributed by atoms with E-state index >= 15 is 0 Å². The van der Waals surface area contributed by atoms with Crippen LogP contribution >= 0.6 is 0 Å². The molecule has 60 heavy (non-hydrogen) atoms. The summed E-state index contributed by atoms with van der Waals surface area (Å²) in [5.74, 6) is 0. The molecule has 0 fully saturated rings. The maximum atomic E-state index is 2.38. The summed E-state index contributed by atoms with van der Waals surface area (Å²) in [4.78, 5) is 2.38. The lowest BCUT2D eigenvalue weighted by Crippen LogP contribution is -2.10. The van der Waals surface area contributed by atoms with E-state index in [2.05, 4.69) is 252 Å². The van der Waals surface area contributed by atoms with Crippen LogP contribution in [0.15, 0.2) is 243 Å². The Morgan fingerprint density at radius 2 is 0.717 bits per heavy atom. The van der Waals surface area contributed by atoms with E-state index in [-0.39, 0.29) is 0 Å². The predicted molar refractivity (Wildman–Crippen MR) is 255 cm³/mol. The van der Waals surface area contributed by atoms with Crippen LogP contribution in [0.4, 0.5) is 17.1 Å². The first-order valence-corrected chi connectivity index (χ1v) is 20.6. The second-order valence-electron chi connectivity index (χ2n) is 15.3. The van der Waals surface area contributed by atoms with Crippen LogP contribution in [-0.4, -0.2) is 4.57 Å². The van der Waals surface area contributed by atoms with Gasteiger partial charge in [-0.2, -0.15) is 0 Å². The maximum Gasteiger partial charge on any atom is 0.0541 e. The number of benzene rings is 10. The molecule has 0 aliphatic carbocycles. The molecule has 0 bridgehead atoms. The molecule has 0 N–H and O–H groups in total. The van der Waals surface area contributed by atoms with Gasteiger partial charge in [0.2, 0.25) is 0 Å². The number of fused-ring (bicyclic) bond motifs is 4. The van der Waals surface area contributed by atoms with Gasteiger partial charge >= 0.3 is 0 Å². The Morgan fingerprint density at radius 1 is 0.283 bits per heavy atom. The summed E-state index contributed by atoms with van der Waals surface area (Å²) in [6.45, 7) is 0. The zero-order chi connectivity index (χ0) is 39.8. The van der Waals surface area contributed by atoms with Gasteiger partial charge in [-0.3, -0.25) is 0 Å². The number of rotatable bonds is 8. The van der Waals surface area contributed by atoms with Crippen LogP contribution in [0.2, 0.25) is 0 Å². The van der Waals surface area contributed by atoms with Crippen molar-refractivity contribution in [2.24, 2.45) is 0 Å². The highest BCUT2D eigenvalue weighted by atomic mass is 15.1. The van der Waals surface area contributed by atoms with Crippen molar-refractivity contribution < 1.29 is 0 Å². The number of nitrogens with zero attached hydrogens (tertiary/aromatic N) is 2. The SMILES string of the molecule is c1ccc(-c2ccc(-c3ccc(N(c4ccc(-n5c6ccccc6c6ccccc65)cc4)c4cccc(-c5cccc6cccc(-c7ccccc7)c56)c4)cc3)cc2)cc1. The minimum absolute atomic E-state index is 1.08. The van der Waals surface area contributed by atoms with Gasteiger partial charge in [0.15, 0.2) is 0 Å². The highest BCUT2D eigenvalue weighted by molar-refractivity contribution is 6.09. The van der Waals surface area contributed by atoms with Crippen molar-refractivity contribution in [1.82, 2.24) is 4.57 Å². The van der Waals surface area contributed by atoms with E-state index in [4.69, 9.17) is 0 Å². The second-order valence-corrected chi connectivity index (χ2v) is 15.3. The highest BCUT2D eigenvalue weighted by Gasteiger charge is 2.18. The minimum atomic E-state index is 1.08. The molecule has 0 radical (unpaired) electrons. The molecular weight excluding hydrogens is 725 g/mol. The average molecular weight is 765 g/mol. The van der Waals surface area contributed by atoms with Crippen molar-refractivity contribution in [2.75, 3.05) is 4.90 Å². The van der Waals surface area contributed by atoms with E-state index < -0.39 is 0 Å². The summed E-state index contributed by atoms with van der Waals surface area (Å²) in [5.41, 5.74) is 16.4. The molecule has 0 atom stereocenters. The molecule has 282 valence electrons. The maximum absolute atomic E-state index is 2.38. The Bertz CT molecular complexity index is 3210. The zero-order valence-electron chi connectivity index (χ0n) is 33.0. The molecule has 0 aliphatic rings. The third-order valence-electron chi connectivity index (χ3n) is 11.8. The van der Waals surface area contributed by atoms with E-state index in [0.717, 1.165) is 22.7 Å². The highest BCUT2D eigenvalue weighted by Crippen LogP contribution is 2.42. The number of para-hydroxylation sites is 2. The van der Waals surface area contributed by atoms with Crippen LogP contribution in [0.5, 0.6) is 0 Å². The standard InChI is InChI=1S/C58H40N2/c1-3-14-41(15-4-1)42-28-30-43(31-29-42)44-32-34-48(35-33-44)59(49-36-38-50(39-37-49)60-56-26-9-7-22-54(56)55-23-8-10-27-57(55)60)51-21-11-20-47(40-51)53-25-13-19-46-18-12-24-52(58(46)53)45-16-5-2-6-17-45/h1-40H. The fourth-order valence-electron chi connectivity index (χ4n) is 8.94. The van der Waals surface area contributed by atoms with Gasteiger partial charge in [0.05, 0.1) is 11.0 Å². The predicted octanol–water partition coefficient (Wildman–Crippen LogP) is 16.1. The lowest BCUT2D eigenvalue weighted by Gasteiger charge is -2.27. The first kappa shape index (κ1) is 35.2. The zero-order valence-corrected chi connectivity index (χ0v) is 33.0. The van der Waals surface area contributed by atoms with Crippen LogP contribution in [0.3, 0.4) is 0 Å². The molecule has 2 heteroatoms. The van der Waals surface area contributed by atoms with Crippen LogP contribution < -0.4 is 4.90 Å². The number of aromatic nitrogens is 1. The lowest BCUT2D eigenvalue weighted by atomic mass is 9.91. The third-order valence-corrected chi connectivity index (χ3v) is 11.8. The van der Waals surface area contributed by atoms with E-state index in [9.17, 15) is 0 Å². The minimum Gasteiger partial charge on any atom is -0.310 e. The average Bonchev–Trinajstić information content (AvgIpc) is 3.67. The molecule has 2 nitrogen and oxygen atoms in total. The largest absolute Gasteiger partial charge is 0.310 e. The van der Waals surface area contributed by atoms with Gasteiger partial charge in [-0.05, 0) is 116 Å². The van der Waals surface area contributed by atoms with Gasteiger partial charge in [0.25, 0.3) is 0 Å². The van der Waals surface area contributed by atoms with E-state index in [1.54, 1.807) is 0 Å². The Balaban J connectivity index is 1.02. The molecule has 0 amide bonds. The molecule has 11 rings (SSSR count). The van der Waals surface area contributed by atoms with Crippen molar-refractivity contribution >= 4 is 49.6 Å². The number of hydrogen-bond acceptors (Lipinski definition) is 1. The Hall–Kier alpha value is -7.94. The molecule has 1 aromatic heterocycles. The molecule has 0 spiro atoms. The van der Waals surface area contributed by atoms with Gasteiger partial charge in [0.1, 0.15) is 0 Å². The molecule has 0 saturated carbocycles. The molecule has 0 unspecified atom stereocenters. The van der Waals surface area contributed by atoms with Gasteiger partial charge in [-0.15, -0.1) is 0 Å². The third kappa shape index (κ3) is 6.32. The molecule has 0 saturated heterocycles. The van der Waals surface area contributed by atoms with Gasteiger partial charge in [0, 0.05) is 33.5 Å². The van der Waals surface area contributed by atoms with Gasteiger partial charge in [-0.1, -0.05) is 182 Å². The monoisotopic (exact) mass is 764 g/mol. The Labute approximate surface area is 350 Å². The number of hydrogen-bond donors (Lipinski definition) is 0. The summed E-state index contributed by atoms with van der Waals surface area (Å²) >= 11 is 0. The van der Waals surface area contributed by atoms with Crippen LogP contribution in [0.1, 0.15) is 0 Å². The fourth-order valence-corrected chi connectivity index (χ4v) is 8.94. The first-order chi connectivity index (χ1) is 29.8. The van der Waals surface area contributed by atoms with Crippen LogP contribution in [0, 0.1) is 0 Å². The van der Waals surface area contributed by atoms with E-state index in [1.807, 2.05) is 0 Å². The van der Waals surface area contributed by atoms with Gasteiger partial charge < -0.3 is 9.47 Å². The first-order valence-electron chi connectivity index (χ1n) is 20.6. The molecule has 0 aliphatic heterocycles. The van der Waals surface area contributed by atoms with Crippen LogP contribution in [-0.2, 0) is 0 Å². The molecule has 11 aromatic rings. The fraction of sp³-hybridized carbons (Fsp3) is 0. The summed E-state index contributed by atoms with van der Waals surface area (Å²) in [5, 5.41) is 5.00. The van der Waals surface area contributed by atoms with Crippen molar-refractivity contribution in [1.29, 1.82) is 0 Å². The van der Waals surface area contributed by atoms with Crippen molar-refractivity contribution in [3.8, 4) is 50.2 Å².